The number of amides is 2. The molecule has 2 aromatic carbocycles. The highest BCUT2D eigenvalue weighted by Crippen LogP contribution is 2.45. The molecule has 2 amide bonds. The van der Waals surface area contributed by atoms with Crippen LogP contribution in [0, 0.1) is 23.2 Å². The average molecular weight is 381 g/mol. The van der Waals surface area contributed by atoms with Gasteiger partial charge in [0.2, 0.25) is 11.8 Å². The van der Waals surface area contributed by atoms with Crippen LogP contribution in [-0.2, 0) is 15.3 Å². The van der Waals surface area contributed by atoms with Crippen LogP contribution in [0.3, 0.4) is 0 Å². The molecule has 2 aromatic rings. The number of thioether (sulfide) groups is 1. The number of rotatable bonds is 4. The summed E-state index contributed by atoms with van der Waals surface area (Å²) in [6.45, 7) is 0. The Balaban J connectivity index is 2.16. The number of nitrogens with zero attached hydrogens (tertiary/aromatic N) is 1. The molecule has 0 radical (unpaired) electrons. The van der Waals surface area contributed by atoms with Gasteiger partial charge in [-0.1, -0.05) is 42.5 Å². The first-order valence-electron chi connectivity index (χ1n) is 8.35. The molecule has 0 saturated carbocycles. The van der Waals surface area contributed by atoms with E-state index in [0.29, 0.717) is 11.1 Å². The molecule has 1 fully saturated rings. The monoisotopic (exact) mass is 381 g/mol. The van der Waals surface area contributed by atoms with E-state index in [9.17, 15) is 20.0 Å². The molecule has 1 aliphatic rings. The van der Waals surface area contributed by atoms with Gasteiger partial charge in [-0.05, 0) is 24.0 Å². The van der Waals surface area contributed by atoms with Crippen molar-refractivity contribution in [3.63, 3.8) is 0 Å². The lowest BCUT2D eigenvalue weighted by Gasteiger charge is -2.44. The molecule has 0 aliphatic carbocycles. The number of nitrogens with one attached hydrogen (secondary N) is 1. The molecule has 1 heterocycles. The Kier molecular flexibility index (Phi) is 5.22. The van der Waals surface area contributed by atoms with Crippen molar-refractivity contribution in [2.45, 2.75) is 16.5 Å². The molecule has 4 N–H and O–H groups in total. The highest BCUT2D eigenvalue weighted by atomic mass is 32.2. The first-order valence-corrected chi connectivity index (χ1v) is 9.57. The van der Waals surface area contributed by atoms with E-state index in [-0.39, 0.29) is 0 Å². The second kappa shape index (κ2) is 7.43. The molecule has 4 atom stereocenters. The van der Waals surface area contributed by atoms with Crippen LogP contribution in [0.4, 0.5) is 0 Å². The second-order valence-corrected chi connectivity index (χ2v) is 7.29. The molecule has 3 rings (SSSR count). The van der Waals surface area contributed by atoms with Crippen molar-refractivity contribution in [3.8, 4) is 6.07 Å². The SMILES string of the molecule is CSc1ccc([C@@H]2[C@@H](C(N)=O)C(=O)N[C@@](O)(c3ccccc3)[C@H]2C#N)cc1. The van der Waals surface area contributed by atoms with Gasteiger partial charge in [0.15, 0.2) is 5.72 Å². The zero-order valence-corrected chi connectivity index (χ0v) is 15.4. The number of primary amides is 1. The molecule has 7 heteroatoms. The topological polar surface area (TPSA) is 116 Å². The summed E-state index contributed by atoms with van der Waals surface area (Å²) in [5, 5.41) is 23.6. The van der Waals surface area contributed by atoms with Gasteiger partial charge in [0.1, 0.15) is 11.8 Å². The summed E-state index contributed by atoms with van der Waals surface area (Å²) in [6, 6.07) is 17.8. The van der Waals surface area contributed by atoms with Crippen LogP contribution in [0.2, 0.25) is 0 Å². The predicted molar refractivity (Wildman–Crippen MR) is 101 cm³/mol. The maximum atomic E-state index is 12.7. The Bertz CT molecular complexity index is 895. The van der Waals surface area contributed by atoms with Gasteiger partial charge in [-0.3, -0.25) is 9.59 Å². The Labute approximate surface area is 161 Å². The quantitative estimate of drug-likeness (QED) is 0.551. The number of nitriles is 1. The maximum absolute atomic E-state index is 12.7. The Morgan fingerprint density at radius 3 is 2.37 bits per heavy atom. The average Bonchev–Trinajstić information content (AvgIpc) is 2.68. The summed E-state index contributed by atoms with van der Waals surface area (Å²) in [7, 11) is 0. The van der Waals surface area contributed by atoms with Gasteiger partial charge in [-0.25, -0.2) is 0 Å². The number of benzene rings is 2. The molecular formula is C20H19N3O3S. The van der Waals surface area contributed by atoms with Crippen molar-refractivity contribution >= 4 is 23.6 Å². The Hall–Kier alpha value is -2.82. The summed E-state index contributed by atoms with van der Waals surface area (Å²) < 4.78 is 0. The standard InChI is InChI=1S/C20H19N3O3S/c1-27-14-9-7-12(8-10-14)16-15(11-21)20(26,13-5-3-2-4-6-13)23-19(25)17(16)18(22)24/h2-10,15-17,26H,1H3,(H2,22,24)(H,23,25)/t15-,16-,17-,20+/m0/s1. The van der Waals surface area contributed by atoms with Gasteiger partial charge >= 0.3 is 0 Å². The molecule has 6 nitrogen and oxygen atoms in total. The van der Waals surface area contributed by atoms with Gasteiger partial charge < -0.3 is 16.2 Å². The maximum Gasteiger partial charge on any atom is 0.235 e. The first-order chi connectivity index (χ1) is 12.9. The van der Waals surface area contributed by atoms with Crippen LogP contribution >= 0.6 is 11.8 Å². The fourth-order valence-electron chi connectivity index (χ4n) is 3.59. The number of carbonyl (C=O) groups is 2. The minimum atomic E-state index is -1.93. The summed E-state index contributed by atoms with van der Waals surface area (Å²) in [4.78, 5) is 25.8. The molecule has 0 spiro atoms. The van der Waals surface area contributed by atoms with Crippen molar-refractivity contribution in [3.05, 3.63) is 65.7 Å². The number of piperidine rings is 1. The third-order valence-electron chi connectivity index (χ3n) is 4.92. The van der Waals surface area contributed by atoms with Crippen LogP contribution in [0.15, 0.2) is 59.5 Å². The molecule has 0 bridgehead atoms. The van der Waals surface area contributed by atoms with Gasteiger partial charge in [-0.15, -0.1) is 11.8 Å². The fraction of sp³-hybridized carbons (Fsp3) is 0.250. The molecule has 138 valence electrons. The normalized spacial score (nSPS) is 27.4. The number of nitrogens with two attached hydrogens (primary N) is 1. The largest absolute Gasteiger partial charge is 0.369 e. The van der Waals surface area contributed by atoms with Gasteiger partial charge in [0.05, 0.1) is 6.07 Å². The van der Waals surface area contributed by atoms with Crippen molar-refractivity contribution < 1.29 is 14.7 Å². The summed E-state index contributed by atoms with van der Waals surface area (Å²) >= 11 is 1.55. The number of hydrogen-bond donors (Lipinski definition) is 3. The Morgan fingerprint density at radius 1 is 1.22 bits per heavy atom. The van der Waals surface area contributed by atoms with E-state index in [1.807, 2.05) is 18.4 Å². The molecule has 0 aromatic heterocycles. The lowest BCUT2D eigenvalue weighted by Crippen LogP contribution is -2.62. The Morgan fingerprint density at radius 2 is 1.85 bits per heavy atom. The molecule has 1 saturated heterocycles. The minimum absolute atomic E-state index is 0.374. The number of hydrogen-bond acceptors (Lipinski definition) is 5. The van der Waals surface area contributed by atoms with Crippen LogP contribution < -0.4 is 11.1 Å². The van der Waals surface area contributed by atoms with E-state index in [0.717, 1.165) is 4.90 Å². The van der Waals surface area contributed by atoms with Crippen LogP contribution in [0.1, 0.15) is 17.0 Å². The van der Waals surface area contributed by atoms with Crippen molar-refractivity contribution in [2.24, 2.45) is 17.6 Å². The third kappa shape index (κ3) is 3.29. The van der Waals surface area contributed by atoms with E-state index >= 15 is 0 Å². The summed E-state index contributed by atoms with van der Waals surface area (Å²) in [5.74, 6) is -4.75. The highest BCUT2D eigenvalue weighted by molar-refractivity contribution is 7.98. The molecular weight excluding hydrogens is 362 g/mol. The van der Waals surface area contributed by atoms with E-state index < -0.39 is 35.3 Å². The van der Waals surface area contributed by atoms with E-state index in [1.54, 1.807) is 54.2 Å². The van der Waals surface area contributed by atoms with Gasteiger partial charge in [0, 0.05) is 16.4 Å². The predicted octanol–water partition coefficient (Wildman–Crippen LogP) is 1.71. The summed E-state index contributed by atoms with van der Waals surface area (Å²) in [5.41, 5.74) is 4.54. The molecule has 27 heavy (non-hydrogen) atoms. The third-order valence-corrected chi connectivity index (χ3v) is 5.67. The lowest BCUT2D eigenvalue weighted by atomic mass is 9.67. The van der Waals surface area contributed by atoms with Crippen molar-refractivity contribution in [2.75, 3.05) is 6.26 Å². The van der Waals surface area contributed by atoms with Crippen molar-refractivity contribution in [1.29, 1.82) is 5.26 Å². The van der Waals surface area contributed by atoms with Crippen LogP contribution in [0.5, 0.6) is 0 Å². The first kappa shape index (κ1) is 19.0. The molecule has 1 aliphatic heterocycles. The van der Waals surface area contributed by atoms with Crippen LogP contribution in [-0.4, -0.2) is 23.2 Å². The second-order valence-electron chi connectivity index (χ2n) is 6.41. The van der Waals surface area contributed by atoms with E-state index in [2.05, 4.69) is 11.4 Å². The highest BCUT2D eigenvalue weighted by Gasteiger charge is 2.55. The number of carbonyl (C=O) groups excluding carboxylic acids is 2. The van der Waals surface area contributed by atoms with Gasteiger partial charge in [-0.2, -0.15) is 5.26 Å². The fourth-order valence-corrected chi connectivity index (χ4v) is 4.00. The van der Waals surface area contributed by atoms with Gasteiger partial charge in [0.25, 0.3) is 0 Å². The zero-order chi connectivity index (χ0) is 19.6. The van der Waals surface area contributed by atoms with E-state index in [1.165, 1.54) is 0 Å². The molecule has 0 unspecified atom stereocenters. The van der Waals surface area contributed by atoms with E-state index in [4.69, 9.17) is 5.73 Å². The smallest absolute Gasteiger partial charge is 0.235 e. The minimum Gasteiger partial charge on any atom is -0.369 e. The summed E-state index contributed by atoms with van der Waals surface area (Å²) in [6.07, 6.45) is 1.93. The lowest BCUT2D eigenvalue weighted by molar-refractivity contribution is -0.153. The van der Waals surface area contributed by atoms with Crippen LogP contribution in [0.25, 0.3) is 0 Å². The number of aliphatic hydroxyl groups is 1. The van der Waals surface area contributed by atoms with Crippen molar-refractivity contribution in [1.82, 2.24) is 5.32 Å². The zero-order valence-electron chi connectivity index (χ0n) is 14.6.